The number of benzene rings is 1. The van der Waals surface area contributed by atoms with Crippen molar-refractivity contribution >= 4 is 17.3 Å². The zero-order chi connectivity index (χ0) is 14.2. The third-order valence-electron chi connectivity index (χ3n) is 3.58. The molecule has 2 unspecified atom stereocenters. The Morgan fingerprint density at radius 2 is 2.05 bits per heavy atom. The van der Waals surface area contributed by atoms with Gasteiger partial charge in [0.1, 0.15) is 5.82 Å². The SMILES string of the molecule is CC1CN(c2c(F)cc(F)cc2Cl)C(C(C)C)CN1. The van der Waals surface area contributed by atoms with Gasteiger partial charge >= 0.3 is 0 Å². The summed E-state index contributed by atoms with van der Waals surface area (Å²) in [6.07, 6.45) is 0. The molecule has 1 aromatic rings. The van der Waals surface area contributed by atoms with Gasteiger partial charge < -0.3 is 10.2 Å². The second-order valence-corrected chi connectivity index (χ2v) is 5.90. The number of hydrogen-bond donors (Lipinski definition) is 1. The van der Waals surface area contributed by atoms with Crippen LogP contribution in [0.2, 0.25) is 5.02 Å². The largest absolute Gasteiger partial charge is 0.362 e. The Kier molecular flexibility index (Phi) is 4.31. The van der Waals surface area contributed by atoms with Crippen molar-refractivity contribution in [1.29, 1.82) is 0 Å². The molecule has 0 bridgehead atoms. The predicted octanol–water partition coefficient (Wildman–Crippen LogP) is 3.44. The van der Waals surface area contributed by atoms with E-state index in [1.54, 1.807) is 0 Å². The lowest BCUT2D eigenvalue weighted by Gasteiger charge is -2.43. The maximum absolute atomic E-state index is 14.1. The van der Waals surface area contributed by atoms with E-state index in [4.69, 9.17) is 11.6 Å². The summed E-state index contributed by atoms with van der Waals surface area (Å²) in [5.74, 6) is -0.888. The molecule has 2 rings (SSSR count). The van der Waals surface area contributed by atoms with Gasteiger partial charge in [0, 0.05) is 31.2 Å². The van der Waals surface area contributed by atoms with E-state index in [-0.39, 0.29) is 17.1 Å². The summed E-state index contributed by atoms with van der Waals surface area (Å²) in [6, 6.07) is 2.46. The first kappa shape index (κ1) is 14.5. The molecule has 0 saturated carbocycles. The average Bonchev–Trinajstić information content (AvgIpc) is 2.27. The average molecular weight is 289 g/mol. The van der Waals surface area contributed by atoms with Gasteiger partial charge in [0.2, 0.25) is 0 Å². The van der Waals surface area contributed by atoms with Crippen molar-refractivity contribution in [1.82, 2.24) is 5.32 Å². The number of rotatable bonds is 2. The maximum atomic E-state index is 14.1. The number of nitrogens with zero attached hydrogens (tertiary/aromatic N) is 1. The summed E-state index contributed by atoms with van der Waals surface area (Å²) >= 11 is 6.04. The molecule has 2 nitrogen and oxygen atoms in total. The third-order valence-corrected chi connectivity index (χ3v) is 3.87. The quantitative estimate of drug-likeness (QED) is 0.897. The molecule has 1 N–H and O–H groups in total. The Morgan fingerprint density at radius 1 is 1.37 bits per heavy atom. The van der Waals surface area contributed by atoms with Crippen LogP contribution in [0.25, 0.3) is 0 Å². The topological polar surface area (TPSA) is 15.3 Å². The summed E-state index contributed by atoms with van der Waals surface area (Å²) in [5, 5.41) is 3.52. The minimum absolute atomic E-state index is 0.136. The molecule has 1 saturated heterocycles. The number of piperazine rings is 1. The van der Waals surface area contributed by atoms with Gasteiger partial charge in [0.05, 0.1) is 10.7 Å². The normalized spacial score (nSPS) is 24.1. The summed E-state index contributed by atoms with van der Waals surface area (Å²) in [4.78, 5) is 1.96. The molecule has 0 aromatic heterocycles. The molecule has 1 fully saturated rings. The fourth-order valence-corrected chi connectivity index (χ4v) is 2.89. The van der Waals surface area contributed by atoms with Gasteiger partial charge in [-0.2, -0.15) is 0 Å². The fraction of sp³-hybridized carbons (Fsp3) is 0.571. The third kappa shape index (κ3) is 3.00. The summed E-state index contributed by atoms with van der Waals surface area (Å²) in [7, 11) is 0. The fourth-order valence-electron chi connectivity index (χ4n) is 2.59. The molecule has 2 atom stereocenters. The molecule has 0 radical (unpaired) electrons. The van der Waals surface area contributed by atoms with Crippen molar-refractivity contribution < 1.29 is 8.78 Å². The first-order chi connectivity index (χ1) is 8.90. The van der Waals surface area contributed by atoms with Crippen molar-refractivity contribution in [3.63, 3.8) is 0 Å². The molecule has 106 valence electrons. The van der Waals surface area contributed by atoms with Crippen LogP contribution in [0.3, 0.4) is 0 Å². The van der Waals surface area contributed by atoms with E-state index in [9.17, 15) is 8.78 Å². The molecule has 1 aliphatic rings. The molecule has 5 heteroatoms. The minimum Gasteiger partial charge on any atom is -0.362 e. The van der Waals surface area contributed by atoms with Gasteiger partial charge in [-0.3, -0.25) is 0 Å². The molecule has 0 amide bonds. The van der Waals surface area contributed by atoms with Gasteiger partial charge in [-0.05, 0) is 18.9 Å². The van der Waals surface area contributed by atoms with Crippen LogP contribution in [0.4, 0.5) is 14.5 Å². The minimum atomic E-state index is -0.643. The first-order valence-electron chi connectivity index (χ1n) is 6.54. The van der Waals surface area contributed by atoms with Crippen molar-refractivity contribution in [3.05, 3.63) is 28.8 Å². The molecule has 0 spiro atoms. The van der Waals surface area contributed by atoms with Crippen LogP contribution in [-0.4, -0.2) is 25.2 Å². The number of anilines is 1. The van der Waals surface area contributed by atoms with E-state index in [1.807, 2.05) is 11.8 Å². The van der Waals surface area contributed by atoms with Crippen LogP contribution >= 0.6 is 11.6 Å². The summed E-state index contributed by atoms with van der Waals surface area (Å²) in [6.45, 7) is 7.64. The highest BCUT2D eigenvalue weighted by atomic mass is 35.5. The number of halogens is 3. The highest BCUT2D eigenvalue weighted by Gasteiger charge is 2.31. The van der Waals surface area contributed by atoms with Gasteiger partial charge in [0.15, 0.2) is 5.82 Å². The molecule has 1 heterocycles. The Balaban J connectivity index is 2.42. The van der Waals surface area contributed by atoms with E-state index in [2.05, 4.69) is 19.2 Å². The Labute approximate surface area is 117 Å². The molecule has 0 aliphatic carbocycles. The summed E-state index contributed by atoms with van der Waals surface area (Å²) in [5.41, 5.74) is 0.315. The van der Waals surface area contributed by atoms with E-state index in [1.165, 1.54) is 6.07 Å². The van der Waals surface area contributed by atoms with Crippen LogP contribution in [0, 0.1) is 17.6 Å². The van der Waals surface area contributed by atoms with Crippen molar-refractivity contribution in [3.8, 4) is 0 Å². The van der Waals surface area contributed by atoms with Crippen LogP contribution in [0.1, 0.15) is 20.8 Å². The van der Waals surface area contributed by atoms with Crippen molar-refractivity contribution in [2.45, 2.75) is 32.9 Å². The van der Waals surface area contributed by atoms with E-state index >= 15 is 0 Å². The van der Waals surface area contributed by atoms with Crippen LogP contribution in [-0.2, 0) is 0 Å². The molecule has 1 aromatic carbocycles. The zero-order valence-corrected chi connectivity index (χ0v) is 12.1. The Bertz CT molecular complexity index is 442. The van der Waals surface area contributed by atoms with Gasteiger partial charge in [-0.15, -0.1) is 0 Å². The standard InChI is InChI=1S/C14H19ClF2N2/c1-8(2)13-6-18-9(3)7-19(13)14-11(15)4-10(16)5-12(14)17/h4-5,8-9,13,18H,6-7H2,1-3H3. The molecule has 19 heavy (non-hydrogen) atoms. The second-order valence-electron chi connectivity index (χ2n) is 5.49. The van der Waals surface area contributed by atoms with E-state index in [0.29, 0.717) is 18.2 Å². The number of nitrogens with one attached hydrogen (secondary N) is 1. The van der Waals surface area contributed by atoms with Crippen molar-refractivity contribution in [2.24, 2.45) is 5.92 Å². The zero-order valence-electron chi connectivity index (χ0n) is 11.4. The highest BCUT2D eigenvalue weighted by molar-refractivity contribution is 6.33. The van der Waals surface area contributed by atoms with Crippen LogP contribution in [0.5, 0.6) is 0 Å². The smallest absolute Gasteiger partial charge is 0.150 e. The second kappa shape index (κ2) is 5.63. The Morgan fingerprint density at radius 3 is 2.63 bits per heavy atom. The maximum Gasteiger partial charge on any atom is 0.150 e. The lowest BCUT2D eigenvalue weighted by atomic mass is 9.98. The lowest BCUT2D eigenvalue weighted by Crippen LogP contribution is -2.57. The van der Waals surface area contributed by atoms with Gasteiger partial charge in [0.25, 0.3) is 0 Å². The number of hydrogen-bond acceptors (Lipinski definition) is 2. The highest BCUT2D eigenvalue weighted by Crippen LogP contribution is 2.33. The van der Waals surface area contributed by atoms with E-state index in [0.717, 1.165) is 12.6 Å². The first-order valence-corrected chi connectivity index (χ1v) is 6.92. The van der Waals surface area contributed by atoms with Gasteiger partial charge in [-0.25, -0.2) is 8.78 Å². The van der Waals surface area contributed by atoms with Crippen LogP contribution < -0.4 is 10.2 Å². The molecular formula is C14H19ClF2N2. The van der Waals surface area contributed by atoms with Crippen molar-refractivity contribution in [2.75, 3.05) is 18.0 Å². The molecule has 1 aliphatic heterocycles. The predicted molar refractivity (Wildman–Crippen MR) is 74.8 cm³/mol. The van der Waals surface area contributed by atoms with E-state index < -0.39 is 11.6 Å². The monoisotopic (exact) mass is 288 g/mol. The summed E-state index contributed by atoms with van der Waals surface area (Å²) < 4.78 is 27.2. The molecular weight excluding hydrogens is 270 g/mol. The Hall–Kier alpha value is -0.870. The lowest BCUT2D eigenvalue weighted by molar-refractivity contribution is 0.346. The van der Waals surface area contributed by atoms with Gasteiger partial charge in [-0.1, -0.05) is 25.4 Å². The van der Waals surface area contributed by atoms with Crippen LogP contribution in [0.15, 0.2) is 12.1 Å².